The van der Waals surface area contributed by atoms with Gasteiger partial charge in [0.1, 0.15) is 4.88 Å². The Morgan fingerprint density at radius 1 is 1.33 bits per heavy atom. The van der Waals surface area contributed by atoms with Gasteiger partial charge in [-0.25, -0.2) is 9.78 Å². The van der Waals surface area contributed by atoms with E-state index in [1.165, 1.54) is 11.3 Å². The monoisotopic (exact) mass is 323 g/mol. The molecule has 1 aromatic carbocycles. The van der Waals surface area contributed by atoms with Crippen LogP contribution in [0.3, 0.4) is 0 Å². The first kappa shape index (κ1) is 15.7. The van der Waals surface area contributed by atoms with Crippen molar-refractivity contribution in [2.45, 2.75) is 26.9 Å². The highest BCUT2D eigenvalue weighted by atomic mass is 35.5. The van der Waals surface area contributed by atoms with E-state index in [1.807, 2.05) is 6.92 Å². The van der Waals surface area contributed by atoms with E-state index in [-0.39, 0.29) is 5.78 Å². The third-order valence-corrected chi connectivity index (χ3v) is 4.14. The lowest BCUT2D eigenvalue weighted by Crippen LogP contribution is -2.24. The van der Waals surface area contributed by atoms with Crippen molar-refractivity contribution in [2.75, 3.05) is 0 Å². The van der Waals surface area contributed by atoms with Crippen LogP contribution in [0.2, 0.25) is 5.02 Å². The van der Waals surface area contributed by atoms with E-state index in [1.54, 1.807) is 38.1 Å². The summed E-state index contributed by atoms with van der Waals surface area (Å²) in [6, 6.07) is 6.55. The van der Waals surface area contributed by atoms with Gasteiger partial charge in [0.15, 0.2) is 6.10 Å². The molecule has 0 amide bonds. The number of aromatic nitrogens is 1. The Balaban J connectivity index is 2.10. The number of aryl methyl sites for hydroxylation is 2. The molecule has 0 radical (unpaired) electrons. The standard InChI is InChI=1S/C15H14ClNO3S/c1-8-14(21-10(3)17-8)15(19)20-9(2)13(18)11-5-4-6-12(16)7-11/h4-7,9H,1-3H3/t9-/m1/s1. The number of benzene rings is 1. The molecular formula is C15H14ClNO3S. The van der Waals surface area contributed by atoms with Crippen LogP contribution in [-0.4, -0.2) is 22.8 Å². The number of rotatable bonds is 4. The van der Waals surface area contributed by atoms with E-state index < -0.39 is 12.1 Å². The van der Waals surface area contributed by atoms with Gasteiger partial charge in [-0.3, -0.25) is 4.79 Å². The molecule has 0 aliphatic rings. The Kier molecular flexibility index (Phi) is 4.75. The maximum Gasteiger partial charge on any atom is 0.350 e. The molecule has 0 N–H and O–H groups in total. The number of nitrogens with zero attached hydrogens (tertiary/aromatic N) is 1. The topological polar surface area (TPSA) is 56.3 Å². The number of halogens is 1. The van der Waals surface area contributed by atoms with Crippen molar-refractivity contribution in [3.8, 4) is 0 Å². The summed E-state index contributed by atoms with van der Waals surface area (Å²) >= 11 is 7.11. The molecule has 0 saturated heterocycles. The van der Waals surface area contributed by atoms with E-state index in [9.17, 15) is 9.59 Å². The van der Waals surface area contributed by atoms with Crippen LogP contribution in [0.15, 0.2) is 24.3 Å². The summed E-state index contributed by atoms with van der Waals surface area (Å²) in [5, 5.41) is 1.25. The minimum absolute atomic E-state index is 0.287. The molecule has 0 aliphatic heterocycles. The van der Waals surface area contributed by atoms with Crippen molar-refractivity contribution in [3.63, 3.8) is 0 Å². The number of carbonyl (C=O) groups excluding carboxylic acids is 2. The zero-order chi connectivity index (χ0) is 15.6. The lowest BCUT2D eigenvalue weighted by Gasteiger charge is -2.12. The van der Waals surface area contributed by atoms with Gasteiger partial charge < -0.3 is 4.74 Å². The SMILES string of the molecule is Cc1nc(C)c(C(=O)O[C@H](C)C(=O)c2cccc(Cl)c2)s1. The van der Waals surface area contributed by atoms with Crippen molar-refractivity contribution >= 4 is 34.7 Å². The van der Waals surface area contributed by atoms with Crippen LogP contribution in [0.1, 0.15) is 37.7 Å². The maximum atomic E-state index is 12.2. The van der Waals surface area contributed by atoms with Crippen LogP contribution in [-0.2, 0) is 4.74 Å². The van der Waals surface area contributed by atoms with Gasteiger partial charge in [-0.1, -0.05) is 23.7 Å². The van der Waals surface area contributed by atoms with Crippen molar-refractivity contribution in [3.05, 3.63) is 50.4 Å². The van der Waals surface area contributed by atoms with E-state index in [4.69, 9.17) is 16.3 Å². The molecule has 6 heteroatoms. The molecule has 110 valence electrons. The second kappa shape index (κ2) is 6.37. The zero-order valence-electron chi connectivity index (χ0n) is 11.8. The van der Waals surface area contributed by atoms with Crippen molar-refractivity contribution in [1.82, 2.24) is 4.98 Å². The van der Waals surface area contributed by atoms with Crippen molar-refractivity contribution in [1.29, 1.82) is 0 Å². The Labute approximate surface area is 131 Å². The number of ether oxygens (including phenoxy) is 1. The van der Waals surface area contributed by atoms with Crippen LogP contribution in [0.4, 0.5) is 0 Å². The van der Waals surface area contributed by atoms with Crippen LogP contribution in [0.5, 0.6) is 0 Å². The van der Waals surface area contributed by atoms with Gasteiger partial charge in [0.2, 0.25) is 5.78 Å². The molecule has 1 heterocycles. The molecule has 1 aromatic heterocycles. The van der Waals surface area contributed by atoms with Crippen LogP contribution < -0.4 is 0 Å². The molecule has 4 nitrogen and oxygen atoms in total. The van der Waals surface area contributed by atoms with Gasteiger partial charge in [0.05, 0.1) is 10.7 Å². The maximum absolute atomic E-state index is 12.2. The average Bonchev–Trinajstić information content (AvgIpc) is 2.76. The fourth-order valence-corrected chi connectivity index (χ4v) is 2.86. The predicted octanol–water partition coefficient (Wildman–Crippen LogP) is 3.84. The van der Waals surface area contributed by atoms with Crippen LogP contribution in [0.25, 0.3) is 0 Å². The molecule has 0 unspecified atom stereocenters. The fraction of sp³-hybridized carbons (Fsp3) is 0.267. The minimum Gasteiger partial charge on any atom is -0.450 e. The van der Waals surface area contributed by atoms with Gasteiger partial charge in [-0.05, 0) is 32.9 Å². The van der Waals surface area contributed by atoms with Gasteiger partial charge in [-0.15, -0.1) is 11.3 Å². The first-order valence-corrected chi connectivity index (χ1v) is 7.52. The van der Waals surface area contributed by atoms with Gasteiger partial charge in [0, 0.05) is 10.6 Å². The third-order valence-electron chi connectivity index (χ3n) is 2.85. The minimum atomic E-state index is -0.877. The fourth-order valence-electron chi connectivity index (χ4n) is 1.86. The Morgan fingerprint density at radius 3 is 2.62 bits per heavy atom. The number of carbonyl (C=O) groups is 2. The molecule has 1 atom stereocenters. The highest BCUT2D eigenvalue weighted by Gasteiger charge is 2.23. The predicted molar refractivity (Wildman–Crippen MR) is 82.2 cm³/mol. The largest absolute Gasteiger partial charge is 0.450 e. The highest BCUT2D eigenvalue weighted by molar-refractivity contribution is 7.13. The van der Waals surface area contributed by atoms with Crippen molar-refractivity contribution in [2.24, 2.45) is 0 Å². The van der Waals surface area contributed by atoms with Crippen LogP contribution >= 0.6 is 22.9 Å². The summed E-state index contributed by atoms with van der Waals surface area (Å²) in [5.74, 6) is -0.814. The van der Waals surface area contributed by atoms with E-state index >= 15 is 0 Å². The molecular weight excluding hydrogens is 310 g/mol. The molecule has 0 fully saturated rings. The smallest absolute Gasteiger partial charge is 0.350 e. The first-order valence-electron chi connectivity index (χ1n) is 6.33. The second-order valence-electron chi connectivity index (χ2n) is 4.57. The molecule has 21 heavy (non-hydrogen) atoms. The quantitative estimate of drug-likeness (QED) is 0.633. The van der Waals surface area contributed by atoms with Gasteiger partial charge in [-0.2, -0.15) is 0 Å². The molecule has 0 bridgehead atoms. The summed E-state index contributed by atoms with van der Waals surface area (Å²) < 4.78 is 5.23. The molecule has 2 rings (SSSR count). The number of thiazole rings is 1. The Hall–Kier alpha value is -1.72. The van der Waals surface area contributed by atoms with E-state index in [0.717, 1.165) is 5.01 Å². The van der Waals surface area contributed by atoms with Gasteiger partial charge in [0.25, 0.3) is 0 Å². The summed E-state index contributed by atoms with van der Waals surface area (Å²) in [4.78, 5) is 28.9. The number of ketones is 1. The lowest BCUT2D eigenvalue weighted by molar-refractivity contribution is 0.0322. The second-order valence-corrected chi connectivity index (χ2v) is 6.21. The molecule has 0 saturated carbocycles. The molecule has 2 aromatic rings. The Bertz CT molecular complexity index is 696. The number of Topliss-reactive ketones (excluding diaryl/α,β-unsaturated/α-hetero) is 1. The van der Waals surface area contributed by atoms with Crippen molar-refractivity contribution < 1.29 is 14.3 Å². The van der Waals surface area contributed by atoms with E-state index in [2.05, 4.69) is 4.98 Å². The summed E-state index contributed by atoms with van der Waals surface area (Å²) in [6.45, 7) is 5.10. The van der Waals surface area contributed by atoms with E-state index in [0.29, 0.717) is 21.2 Å². The molecule has 0 aliphatic carbocycles. The highest BCUT2D eigenvalue weighted by Crippen LogP contribution is 2.20. The average molecular weight is 324 g/mol. The zero-order valence-corrected chi connectivity index (χ0v) is 13.4. The number of hydrogen-bond donors (Lipinski definition) is 0. The summed E-state index contributed by atoms with van der Waals surface area (Å²) in [6.07, 6.45) is -0.877. The Morgan fingerprint density at radius 2 is 2.05 bits per heavy atom. The lowest BCUT2D eigenvalue weighted by atomic mass is 10.1. The van der Waals surface area contributed by atoms with Gasteiger partial charge >= 0.3 is 5.97 Å². The number of hydrogen-bond acceptors (Lipinski definition) is 5. The number of esters is 1. The summed E-state index contributed by atoms with van der Waals surface area (Å²) in [5.41, 5.74) is 1.03. The summed E-state index contributed by atoms with van der Waals surface area (Å²) in [7, 11) is 0. The normalized spacial score (nSPS) is 12.0. The molecule has 0 spiro atoms. The van der Waals surface area contributed by atoms with Crippen LogP contribution in [0, 0.1) is 13.8 Å². The third kappa shape index (κ3) is 3.68. The first-order chi connectivity index (χ1) is 9.88.